The summed E-state index contributed by atoms with van der Waals surface area (Å²) in [4.78, 5) is 0. The van der Waals surface area contributed by atoms with Crippen molar-refractivity contribution < 1.29 is 18.7 Å². The quantitative estimate of drug-likeness (QED) is 0.524. The van der Waals surface area contributed by atoms with Crippen molar-refractivity contribution >= 4 is 7.60 Å². The highest BCUT2D eigenvalue weighted by molar-refractivity contribution is 7.55. The van der Waals surface area contributed by atoms with Gasteiger partial charge in [-0.25, -0.2) is 0 Å². The van der Waals surface area contributed by atoms with Crippen molar-refractivity contribution in [3.05, 3.63) is 12.7 Å². The first kappa shape index (κ1) is 10.8. The second-order valence-corrected chi connectivity index (χ2v) is 4.79. The zero-order valence-electron chi connectivity index (χ0n) is 6.90. The molecule has 0 spiro atoms. The Morgan fingerprint density at radius 1 is 1.55 bits per heavy atom. The average Bonchev–Trinajstić information content (AvgIpc) is 2.02. The maximum Gasteiger partial charge on any atom is 0.365 e. The lowest BCUT2D eigenvalue weighted by Crippen LogP contribution is -2.22. The molecule has 0 aliphatic carbocycles. The van der Waals surface area contributed by atoms with E-state index in [1.165, 1.54) is 21.1 Å². The molecule has 66 valence electrons. The first-order valence-corrected chi connectivity index (χ1v) is 4.55. The SMILES string of the molecule is C=CC(C)(O)P(=O)(OC)OC. The van der Waals surface area contributed by atoms with Gasteiger partial charge in [0.15, 0.2) is 5.34 Å². The summed E-state index contributed by atoms with van der Waals surface area (Å²) in [5.41, 5.74) is 0. The second-order valence-electron chi connectivity index (χ2n) is 2.16. The van der Waals surface area contributed by atoms with Crippen molar-refractivity contribution in [2.75, 3.05) is 14.2 Å². The van der Waals surface area contributed by atoms with Crippen LogP contribution in [-0.4, -0.2) is 24.7 Å². The average molecular weight is 180 g/mol. The van der Waals surface area contributed by atoms with E-state index in [0.717, 1.165) is 6.08 Å². The third kappa shape index (κ3) is 1.91. The molecule has 0 aromatic carbocycles. The van der Waals surface area contributed by atoms with Gasteiger partial charge in [0.05, 0.1) is 0 Å². The highest BCUT2D eigenvalue weighted by Crippen LogP contribution is 2.57. The summed E-state index contributed by atoms with van der Waals surface area (Å²) in [6.07, 6.45) is 1.13. The minimum Gasteiger partial charge on any atom is -0.374 e. The van der Waals surface area contributed by atoms with Crippen LogP contribution in [0.5, 0.6) is 0 Å². The normalized spacial score (nSPS) is 17.5. The minimum absolute atomic E-state index is 1.13. The first-order chi connectivity index (χ1) is 4.93. The van der Waals surface area contributed by atoms with E-state index in [1.807, 2.05) is 0 Å². The van der Waals surface area contributed by atoms with Crippen LogP contribution >= 0.6 is 7.60 Å². The molecule has 11 heavy (non-hydrogen) atoms. The largest absolute Gasteiger partial charge is 0.374 e. The molecule has 0 radical (unpaired) electrons. The lowest BCUT2D eigenvalue weighted by Gasteiger charge is -2.26. The first-order valence-electron chi connectivity index (χ1n) is 3.01. The Morgan fingerprint density at radius 2 is 1.91 bits per heavy atom. The van der Waals surface area contributed by atoms with Gasteiger partial charge in [-0.3, -0.25) is 4.57 Å². The van der Waals surface area contributed by atoms with Crippen LogP contribution in [0, 0.1) is 0 Å². The molecule has 0 saturated carbocycles. The predicted octanol–water partition coefficient (Wildman–Crippen LogP) is 1.37. The Kier molecular flexibility index (Phi) is 3.45. The van der Waals surface area contributed by atoms with Gasteiger partial charge in [0, 0.05) is 14.2 Å². The van der Waals surface area contributed by atoms with Crippen LogP contribution in [0.25, 0.3) is 0 Å². The molecule has 1 unspecified atom stereocenters. The molecule has 1 N–H and O–H groups in total. The summed E-state index contributed by atoms with van der Waals surface area (Å²) in [6.45, 7) is 4.63. The van der Waals surface area contributed by atoms with E-state index in [9.17, 15) is 9.67 Å². The van der Waals surface area contributed by atoms with Gasteiger partial charge in [0.25, 0.3) is 0 Å². The molecular weight excluding hydrogens is 167 g/mol. The molecule has 0 heterocycles. The summed E-state index contributed by atoms with van der Waals surface area (Å²) in [5, 5.41) is 7.78. The van der Waals surface area contributed by atoms with Gasteiger partial charge in [-0.05, 0) is 13.0 Å². The highest BCUT2D eigenvalue weighted by Gasteiger charge is 2.41. The Balaban J connectivity index is 4.77. The second kappa shape index (κ2) is 3.50. The topological polar surface area (TPSA) is 55.8 Å². The molecule has 0 fully saturated rings. The summed E-state index contributed by atoms with van der Waals surface area (Å²) >= 11 is 0. The Labute approximate surface area is 66.4 Å². The highest BCUT2D eigenvalue weighted by atomic mass is 31.2. The molecule has 0 aromatic heterocycles. The van der Waals surface area contributed by atoms with Crippen LogP contribution in [0.4, 0.5) is 0 Å². The molecule has 4 nitrogen and oxygen atoms in total. The fourth-order valence-electron chi connectivity index (χ4n) is 0.556. The zero-order valence-corrected chi connectivity index (χ0v) is 7.80. The van der Waals surface area contributed by atoms with E-state index < -0.39 is 12.9 Å². The number of rotatable bonds is 4. The van der Waals surface area contributed by atoms with E-state index in [2.05, 4.69) is 15.6 Å². The molecule has 0 rings (SSSR count). The van der Waals surface area contributed by atoms with Crippen LogP contribution in [-0.2, 0) is 13.6 Å². The van der Waals surface area contributed by atoms with Crippen molar-refractivity contribution in [3.63, 3.8) is 0 Å². The van der Waals surface area contributed by atoms with Crippen LogP contribution in [0.2, 0.25) is 0 Å². The predicted molar refractivity (Wildman–Crippen MR) is 42.4 cm³/mol. The van der Waals surface area contributed by atoms with Gasteiger partial charge in [-0.15, -0.1) is 0 Å². The number of hydrogen-bond donors (Lipinski definition) is 1. The van der Waals surface area contributed by atoms with Crippen molar-refractivity contribution in [1.82, 2.24) is 0 Å². The fourth-order valence-corrected chi connectivity index (χ4v) is 1.67. The molecule has 5 heteroatoms. The number of hydrogen-bond acceptors (Lipinski definition) is 4. The van der Waals surface area contributed by atoms with Crippen molar-refractivity contribution in [2.24, 2.45) is 0 Å². The van der Waals surface area contributed by atoms with Gasteiger partial charge in [-0.2, -0.15) is 0 Å². The van der Waals surface area contributed by atoms with Gasteiger partial charge in [-0.1, -0.05) is 6.58 Å². The Hall–Kier alpha value is -0.150. The minimum atomic E-state index is -3.45. The molecule has 1 atom stereocenters. The molecule has 0 amide bonds. The molecule has 0 saturated heterocycles. The van der Waals surface area contributed by atoms with Gasteiger partial charge >= 0.3 is 7.60 Å². The maximum atomic E-state index is 11.4. The van der Waals surface area contributed by atoms with E-state index >= 15 is 0 Å². The summed E-state index contributed by atoms with van der Waals surface area (Å²) in [5.74, 6) is 0. The zero-order chi connectivity index (χ0) is 9.12. The van der Waals surface area contributed by atoms with Crippen LogP contribution < -0.4 is 0 Å². The standard InChI is InChI=1S/C6H13O4P/c1-5-6(2,7)11(8,9-3)10-4/h5,7H,1H2,2-4H3. The van der Waals surface area contributed by atoms with Gasteiger partial charge in [0.1, 0.15) is 0 Å². The number of aliphatic hydroxyl groups is 1. The van der Waals surface area contributed by atoms with Gasteiger partial charge in [0.2, 0.25) is 0 Å². The van der Waals surface area contributed by atoms with Crippen LogP contribution in [0.1, 0.15) is 6.92 Å². The van der Waals surface area contributed by atoms with E-state index in [-0.39, 0.29) is 0 Å². The molecule has 0 aromatic rings. The molecule has 0 aliphatic heterocycles. The summed E-state index contributed by atoms with van der Waals surface area (Å²) in [6, 6.07) is 0. The molecule has 0 bridgehead atoms. The fraction of sp³-hybridized carbons (Fsp3) is 0.667. The van der Waals surface area contributed by atoms with E-state index in [4.69, 9.17) is 0 Å². The van der Waals surface area contributed by atoms with Crippen molar-refractivity contribution in [3.8, 4) is 0 Å². The summed E-state index contributed by atoms with van der Waals surface area (Å²) in [7, 11) is -1.03. The smallest absolute Gasteiger partial charge is 0.365 e. The van der Waals surface area contributed by atoms with Crippen LogP contribution in [0.15, 0.2) is 12.7 Å². The monoisotopic (exact) mass is 180 g/mol. The Morgan fingerprint density at radius 3 is 2.00 bits per heavy atom. The third-order valence-corrected chi connectivity index (χ3v) is 3.67. The van der Waals surface area contributed by atoms with Crippen molar-refractivity contribution in [2.45, 2.75) is 12.3 Å². The lowest BCUT2D eigenvalue weighted by molar-refractivity contribution is 0.133. The molecule has 0 aliphatic rings. The Bertz CT molecular complexity index is 179. The van der Waals surface area contributed by atoms with Gasteiger partial charge < -0.3 is 14.2 Å². The van der Waals surface area contributed by atoms with E-state index in [1.54, 1.807) is 0 Å². The van der Waals surface area contributed by atoms with E-state index in [0.29, 0.717) is 0 Å². The van der Waals surface area contributed by atoms with Crippen LogP contribution in [0.3, 0.4) is 0 Å². The van der Waals surface area contributed by atoms with Crippen molar-refractivity contribution in [1.29, 1.82) is 0 Å². The maximum absolute atomic E-state index is 11.4. The third-order valence-electron chi connectivity index (χ3n) is 1.42. The molecular formula is C6H13O4P. The summed E-state index contributed by atoms with van der Waals surface area (Å²) < 4.78 is 20.5. The lowest BCUT2D eigenvalue weighted by atomic mass is 10.4.